The summed E-state index contributed by atoms with van der Waals surface area (Å²) in [4.78, 5) is 14.1. The van der Waals surface area contributed by atoms with Gasteiger partial charge in [-0.1, -0.05) is 31.5 Å². The van der Waals surface area contributed by atoms with Crippen LogP contribution < -0.4 is 10.5 Å². The van der Waals surface area contributed by atoms with Crippen LogP contribution in [-0.2, 0) is 13.6 Å². The van der Waals surface area contributed by atoms with Gasteiger partial charge in [0.15, 0.2) is 0 Å². The number of rotatable bonds is 6. The maximum absolute atomic E-state index is 12.7. The molecule has 2 aromatic rings. The SMILES string of the molecule is CCCC[NH+](C)Cc1c(C)n(C)n(-c2ccccc2)c1=O. The Balaban J connectivity index is 2.35. The molecule has 1 heterocycles. The Kier molecular flexibility index (Phi) is 5.02. The molecule has 114 valence electrons. The minimum absolute atomic E-state index is 0.108. The first-order valence-electron chi connectivity index (χ1n) is 7.70. The number of aromatic nitrogens is 2. The maximum Gasteiger partial charge on any atom is 0.280 e. The quantitative estimate of drug-likeness (QED) is 0.853. The zero-order valence-corrected chi connectivity index (χ0v) is 13.5. The highest BCUT2D eigenvalue weighted by atomic mass is 16.1. The molecule has 1 aromatic carbocycles. The number of benzene rings is 1. The van der Waals surface area contributed by atoms with Gasteiger partial charge >= 0.3 is 0 Å². The fraction of sp³-hybridized carbons (Fsp3) is 0.471. The predicted octanol–water partition coefficient (Wildman–Crippen LogP) is 1.30. The molecule has 1 N–H and O–H groups in total. The van der Waals surface area contributed by atoms with Crippen LogP contribution in [0.25, 0.3) is 5.69 Å². The Hall–Kier alpha value is -1.81. The summed E-state index contributed by atoms with van der Waals surface area (Å²) < 4.78 is 3.72. The number of quaternary nitrogens is 1. The van der Waals surface area contributed by atoms with E-state index in [0.29, 0.717) is 0 Å². The summed E-state index contributed by atoms with van der Waals surface area (Å²) in [5.74, 6) is 0. The van der Waals surface area contributed by atoms with Crippen molar-refractivity contribution in [2.45, 2.75) is 33.2 Å². The fourth-order valence-corrected chi connectivity index (χ4v) is 2.70. The lowest BCUT2D eigenvalue weighted by molar-refractivity contribution is -0.894. The summed E-state index contributed by atoms with van der Waals surface area (Å²) >= 11 is 0. The summed E-state index contributed by atoms with van der Waals surface area (Å²) in [6, 6.07) is 9.83. The average molecular weight is 288 g/mol. The van der Waals surface area contributed by atoms with Crippen molar-refractivity contribution >= 4 is 0 Å². The van der Waals surface area contributed by atoms with E-state index in [2.05, 4.69) is 14.0 Å². The van der Waals surface area contributed by atoms with Crippen molar-refractivity contribution in [2.24, 2.45) is 7.05 Å². The average Bonchev–Trinajstić information content (AvgIpc) is 2.70. The molecule has 4 nitrogen and oxygen atoms in total. The van der Waals surface area contributed by atoms with Gasteiger partial charge in [0, 0.05) is 12.7 Å². The van der Waals surface area contributed by atoms with Crippen molar-refractivity contribution in [3.8, 4) is 5.69 Å². The van der Waals surface area contributed by atoms with E-state index in [1.807, 2.05) is 49.0 Å². The second kappa shape index (κ2) is 6.76. The zero-order chi connectivity index (χ0) is 15.4. The van der Waals surface area contributed by atoms with Crippen molar-refractivity contribution in [1.29, 1.82) is 0 Å². The zero-order valence-electron chi connectivity index (χ0n) is 13.5. The van der Waals surface area contributed by atoms with Gasteiger partial charge in [-0.3, -0.25) is 9.48 Å². The van der Waals surface area contributed by atoms with Crippen LogP contribution in [0.15, 0.2) is 35.1 Å². The number of hydrogen-bond acceptors (Lipinski definition) is 1. The highest BCUT2D eigenvalue weighted by Gasteiger charge is 2.18. The highest BCUT2D eigenvalue weighted by molar-refractivity contribution is 5.33. The second-order valence-electron chi connectivity index (χ2n) is 5.78. The molecule has 0 saturated carbocycles. The molecule has 0 aliphatic carbocycles. The van der Waals surface area contributed by atoms with E-state index in [1.165, 1.54) is 17.7 Å². The molecule has 0 radical (unpaired) electrons. The molecule has 2 rings (SSSR count). The molecule has 1 aromatic heterocycles. The molecule has 0 aliphatic rings. The Bertz CT molecular complexity index is 640. The van der Waals surface area contributed by atoms with Gasteiger partial charge in [-0.2, -0.15) is 0 Å². The lowest BCUT2D eigenvalue weighted by Gasteiger charge is -2.12. The van der Waals surface area contributed by atoms with E-state index in [9.17, 15) is 4.79 Å². The van der Waals surface area contributed by atoms with Crippen LogP contribution >= 0.6 is 0 Å². The van der Waals surface area contributed by atoms with E-state index >= 15 is 0 Å². The molecule has 0 aliphatic heterocycles. The third-order valence-corrected chi connectivity index (χ3v) is 4.11. The van der Waals surface area contributed by atoms with Gasteiger partial charge in [0.05, 0.1) is 24.8 Å². The number of para-hydroxylation sites is 1. The van der Waals surface area contributed by atoms with Crippen molar-refractivity contribution in [3.05, 3.63) is 51.9 Å². The van der Waals surface area contributed by atoms with Crippen LogP contribution in [0.1, 0.15) is 31.0 Å². The summed E-state index contributed by atoms with van der Waals surface area (Å²) in [5.41, 5.74) is 3.01. The highest BCUT2D eigenvalue weighted by Crippen LogP contribution is 2.09. The van der Waals surface area contributed by atoms with Crippen molar-refractivity contribution in [2.75, 3.05) is 13.6 Å². The molecular formula is C17H26N3O+. The maximum atomic E-state index is 12.7. The molecule has 0 bridgehead atoms. The third-order valence-electron chi connectivity index (χ3n) is 4.11. The Morgan fingerprint density at radius 2 is 1.86 bits per heavy atom. The number of unbranched alkanes of at least 4 members (excludes halogenated alkanes) is 1. The Labute approximate surface area is 126 Å². The summed E-state index contributed by atoms with van der Waals surface area (Å²) in [5, 5.41) is 0. The largest absolute Gasteiger partial charge is 0.333 e. The molecule has 0 fully saturated rings. The van der Waals surface area contributed by atoms with Crippen molar-refractivity contribution in [3.63, 3.8) is 0 Å². The molecule has 1 unspecified atom stereocenters. The van der Waals surface area contributed by atoms with Gasteiger partial charge in [-0.25, -0.2) is 4.68 Å². The molecule has 4 heteroatoms. The van der Waals surface area contributed by atoms with E-state index < -0.39 is 0 Å². The molecule has 0 saturated heterocycles. The summed E-state index contributed by atoms with van der Waals surface area (Å²) in [7, 11) is 4.11. The number of hydrogen-bond donors (Lipinski definition) is 1. The topological polar surface area (TPSA) is 31.4 Å². The van der Waals surface area contributed by atoms with Gasteiger partial charge in [0.1, 0.15) is 6.54 Å². The normalized spacial score (nSPS) is 12.6. The van der Waals surface area contributed by atoms with Crippen molar-refractivity contribution < 1.29 is 4.90 Å². The minimum Gasteiger partial charge on any atom is -0.333 e. The van der Waals surface area contributed by atoms with Crippen LogP contribution in [-0.4, -0.2) is 23.0 Å². The first-order chi connectivity index (χ1) is 10.1. The first-order valence-corrected chi connectivity index (χ1v) is 7.70. The molecule has 0 amide bonds. The molecule has 0 spiro atoms. The third kappa shape index (κ3) is 3.27. The number of nitrogens with one attached hydrogen (secondary N) is 1. The molecule has 21 heavy (non-hydrogen) atoms. The Morgan fingerprint density at radius 1 is 1.19 bits per heavy atom. The van der Waals surface area contributed by atoms with Gasteiger partial charge in [-0.05, 0) is 25.5 Å². The predicted molar refractivity (Wildman–Crippen MR) is 86.1 cm³/mol. The van der Waals surface area contributed by atoms with Gasteiger partial charge < -0.3 is 4.90 Å². The standard InChI is InChI=1S/C17H25N3O/c1-5-6-12-18(3)13-16-14(2)19(4)20(17(16)21)15-10-8-7-9-11-15/h7-11H,5-6,12-13H2,1-4H3/p+1. The van der Waals surface area contributed by atoms with E-state index in [-0.39, 0.29) is 5.56 Å². The van der Waals surface area contributed by atoms with Crippen LogP contribution in [0.4, 0.5) is 0 Å². The van der Waals surface area contributed by atoms with Gasteiger partial charge in [0.2, 0.25) is 0 Å². The number of nitrogens with zero attached hydrogens (tertiary/aromatic N) is 2. The monoisotopic (exact) mass is 288 g/mol. The van der Waals surface area contributed by atoms with Crippen LogP contribution in [0, 0.1) is 6.92 Å². The molecule has 1 atom stereocenters. The van der Waals surface area contributed by atoms with Crippen LogP contribution in [0.3, 0.4) is 0 Å². The van der Waals surface area contributed by atoms with Crippen LogP contribution in [0.5, 0.6) is 0 Å². The van der Waals surface area contributed by atoms with Crippen LogP contribution in [0.2, 0.25) is 0 Å². The Morgan fingerprint density at radius 3 is 2.48 bits per heavy atom. The lowest BCUT2D eigenvalue weighted by atomic mass is 10.2. The lowest BCUT2D eigenvalue weighted by Crippen LogP contribution is -3.07. The van der Waals surface area contributed by atoms with E-state index in [4.69, 9.17) is 0 Å². The van der Waals surface area contributed by atoms with Crippen molar-refractivity contribution in [1.82, 2.24) is 9.36 Å². The smallest absolute Gasteiger partial charge is 0.280 e. The summed E-state index contributed by atoms with van der Waals surface area (Å²) in [6.07, 6.45) is 2.39. The second-order valence-corrected chi connectivity index (χ2v) is 5.78. The fourth-order valence-electron chi connectivity index (χ4n) is 2.70. The molecular weight excluding hydrogens is 262 g/mol. The van der Waals surface area contributed by atoms with Gasteiger partial charge in [0.25, 0.3) is 5.56 Å². The van der Waals surface area contributed by atoms with E-state index in [0.717, 1.165) is 30.0 Å². The van der Waals surface area contributed by atoms with Gasteiger partial charge in [-0.15, -0.1) is 0 Å². The van der Waals surface area contributed by atoms with E-state index in [1.54, 1.807) is 4.68 Å². The summed E-state index contributed by atoms with van der Waals surface area (Å²) in [6.45, 7) is 6.13. The first kappa shape index (κ1) is 15.6. The minimum atomic E-state index is 0.108.